The van der Waals surface area contributed by atoms with Crippen LogP contribution in [-0.2, 0) is 17.6 Å². The average Bonchev–Trinajstić information content (AvgIpc) is 2.55. The van der Waals surface area contributed by atoms with Crippen LogP contribution >= 0.6 is 0 Å². The van der Waals surface area contributed by atoms with E-state index in [9.17, 15) is 9.90 Å². The molecule has 2 rings (SSSR count). The van der Waals surface area contributed by atoms with Crippen LogP contribution in [0.5, 0.6) is 5.75 Å². The average molecular weight is 298 g/mol. The van der Waals surface area contributed by atoms with Crippen molar-refractivity contribution in [1.29, 1.82) is 0 Å². The van der Waals surface area contributed by atoms with Crippen molar-refractivity contribution in [3.63, 3.8) is 0 Å². The summed E-state index contributed by atoms with van der Waals surface area (Å²) in [6, 6.07) is 16.2. The number of carbonyl (C=O) groups excluding carboxylic acids is 1. The molecular weight excluding hydrogens is 280 g/mol. The molecule has 0 aromatic heterocycles. The van der Waals surface area contributed by atoms with E-state index in [2.05, 4.69) is 10.5 Å². The third-order valence-corrected chi connectivity index (χ3v) is 3.23. The number of oxime groups is 1. The van der Waals surface area contributed by atoms with Crippen LogP contribution in [0.1, 0.15) is 11.1 Å². The molecule has 0 unspecified atom stereocenters. The second-order valence-corrected chi connectivity index (χ2v) is 4.88. The molecule has 0 aliphatic heterocycles. The summed E-state index contributed by atoms with van der Waals surface area (Å²) in [5, 5.41) is 24.0. The molecule has 0 saturated heterocycles. The molecule has 0 atom stereocenters. The largest absolute Gasteiger partial charge is 0.508 e. The summed E-state index contributed by atoms with van der Waals surface area (Å²) in [5.41, 5.74) is 1.95. The second-order valence-electron chi connectivity index (χ2n) is 4.88. The number of nitrogens with zero attached hydrogens (tertiary/aromatic N) is 1. The molecule has 5 heteroatoms. The van der Waals surface area contributed by atoms with Gasteiger partial charge in [-0.25, -0.2) is 0 Å². The number of hydrogen-bond donors (Lipinski definition) is 3. The Morgan fingerprint density at radius 3 is 2.32 bits per heavy atom. The Morgan fingerprint density at radius 1 is 1.00 bits per heavy atom. The Balaban J connectivity index is 1.85. The lowest BCUT2D eigenvalue weighted by Gasteiger charge is -2.07. The van der Waals surface area contributed by atoms with E-state index >= 15 is 0 Å². The van der Waals surface area contributed by atoms with Crippen LogP contribution in [0.25, 0.3) is 0 Å². The first-order chi connectivity index (χ1) is 10.7. The van der Waals surface area contributed by atoms with E-state index in [0.717, 1.165) is 11.1 Å². The SMILES string of the molecule is O=C(NCCc1ccccc1)/C(Cc1ccc(O)cc1)=N/O. The molecule has 0 fully saturated rings. The van der Waals surface area contributed by atoms with Crippen LogP contribution in [0.4, 0.5) is 0 Å². The predicted molar refractivity (Wildman–Crippen MR) is 84.2 cm³/mol. The highest BCUT2D eigenvalue weighted by Crippen LogP contribution is 2.10. The van der Waals surface area contributed by atoms with E-state index in [4.69, 9.17) is 5.21 Å². The zero-order chi connectivity index (χ0) is 15.8. The number of aromatic hydroxyl groups is 1. The smallest absolute Gasteiger partial charge is 0.269 e. The predicted octanol–water partition coefficient (Wildman–Crippen LogP) is 2.12. The van der Waals surface area contributed by atoms with Crippen molar-refractivity contribution in [3.05, 3.63) is 65.7 Å². The molecule has 2 aromatic carbocycles. The standard InChI is InChI=1S/C17H18N2O3/c20-15-8-6-14(7-9-15)12-16(19-22)17(21)18-11-10-13-4-2-1-3-5-13/h1-9,20,22H,10-12H2,(H,18,21)/b19-16+. The minimum atomic E-state index is -0.397. The second kappa shape index (κ2) is 7.83. The summed E-state index contributed by atoms with van der Waals surface area (Å²) in [4.78, 5) is 12.0. The van der Waals surface area contributed by atoms with Crippen molar-refractivity contribution in [2.45, 2.75) is 12.8 Å². The number of phenols is 1. The van der Waals surface area contributed by atoms with Crippen molar-refractivity contribution in [2.24, 2.45) is 5.16 Å². The van der Waals surface area contributed by atoms with Crippen molar-refractivity contribution in [3.8, 4) is 5.75 Å². The summed E-state index contributed by atoms with van der Waals surface area (Å²) in [5.74, 6) is -0.245. The Labute approximate surface area is 128 Å². The van der Waals surface area contributed by atoms with Gasteiger partial charge in [-0.1, -0.05) is 47.6 Å². The maximum atomic E-state index is 12.0. The summed E-state index contributed by atoms with van der Waals surface area (Å²) < 4.78 is 0. The number of rotatable bonds is 6. The number of phenolic OH excluding ortho intramolecular Hbond substituents is 1. The van der Waals surface area contributed by atoms with Gasteiger partial charge in [-0.2, -0.15) is 0 Å². The lowest BCUT2D eigenvalue weighted by molar-refractivity contribution is -0.115. The molecule has 2 aromatic rings. The lowest BCUT2D eigenvalue weighted by atomic mass is 10.1. The van der Waals surface area contributed by atoms with Gasteiger partial charge >= 0.3 is 0 Å². The molecule has 5 nitrogen and oxygen atoms in total. The van der Waals surface area contributed by atoms with Crippen LogP contribution < -0.4 is 5.32 Å². The van der Waals surface area contributed by atoms with Crippen LogP contribution in [-0.4, -0.2) is 28.5 Å². The summed E-state index contributed by atoms with van der Waals surface area (Å²) >= 11 is 0. The zero-order valence-electron chi connectivity index (χ0n) is 12.1. The maximum absolute atomic E-state index is 12.0. The summed E-state index contributed by atoms with van der Waals surface area (Å²) in [6.45, 7) is 0.470. The number of nitrogens with one attached hydrogen (secondary N) is 1. The molecule has 114 valence electrons. The topological polar surface area (TPSA) is 81.9 Å². The Bertz CT molecular complexity index is 637. The molecule has 3 N–H and O–H groups in total. The van der Waals surface area contributed by atoms with Gasteiger partial charge in [-0.3, -0.25) is 4.79 Å². The minimum absolute atomic E-state index is 0.0405. The van der Waals surface area contributed by atoms with Gasteiger partial charge < -0.3 is 15.6 Å². The quantitative estimate of drug-likeness (QED) is 0.434. The van der Waals surface area contributed by atoms with Gasteiger partial charge in [0.2, 0.25) is 0 Å². The summed E-state index contributed by atoms with van der Waals surface area (Å²) in [7, 11) is 0. The first kappa shape index (κ1) is 15.6. The Kier molecular flexibility index (Phi) is 5.54. The Morgan fingerprint density at radius 2 is 1.68 bits per heavy atom. The van der Waals surface area contributed by atoms with E-state index in [-0.39, 0.29) is 17.9 Å². The van der Waals surface area contributed by atoms with Gasteiger partial charge in [0, 0.05) is 13.0 Å². The molecule has 0 saturated carbocycles. The molecule has 0 aliphatic rings. The van der Waals surface area contributed by atoms with Crippen LogP contribution in [0.15, 0.2) is 59.8 Å². The maximum Gasteiger partial charge on any atom is 0.269 e. The third kappa shape index (κ3) is 4.63. The fourth-order valence-electron chi connectivity index (χ4n) is 2.04. The lowest BCUT2D eigenvalue weighted by Crippen LogP contribution is -2.33. The van der Waals surface area contributed by atoms with Crippen molar-refractivity contribution in [1.82, 2.24) is 5.32 Å². The van der Waals surface area contributed by atoms with E-state index in [1.807, 2.05) is 30.3 Å². The minimum Gasteiger partial charge on any atom is -0.508 e. The van der Waals surface area contributed by atoms with E-state index in [1.54, 1.807) is 12.1 Å². The highest BCUT2D eigenvalue weighted by atomic mass is 16.4. The van der Waals surface area contributed by atoms with Crippen molar-refractivity contribution < 1.29 is 15.1 Å². The third-order valence-electron chi connectivity index (χ3n) is 3.23. The number of benzene rings is 2. The first-order valence-electron chi connectivity index (χ1n) is 7.00. The molecular formula is C17H18N2O3. The van der Waals surface area contributed by atoms with Gasteiger partial charge in [0.05, 0.1) is 0 Å². The summed E-state index contributed by atoms with van der Waals surface area (Å²) in [6.07, 6.45) is 0.915. The molecule has 0 aliphatic carbocycles. The number of carbonyl (C=O) groups is 1. The molecule has 0 bridgehead atoms. The fraction of sp³-hybridized carbons (Fsp3) is 0.176. The van der Waals surface area contributed by atoms with Gasteiger partial charge in [0.25, 0.3) is 5.91 Å². The molecule has 0 heterocycles. The van der Waals surface area contributed by atoms with Gasteiger partial charge in [-0.15, -0.1) is 0 Å². The van der Waals surface area contributed by atoms with Gasteiger partial charge in [-0.05, 0) is 29.7 Å². The highest BCUT2D eigenvalue weighted by molar-refractivity contribution is 6.39. The van der Waals surface area contributed by atoms with Gasteiger partial charge in [0.1, 0.15) is 11.5 Å². The van der Waals surface area contributed by atoms with Crippen molar-refractivity contribution >= 4 is 11.6 Å². The van der Waals surface area contributed by atoms with E-state index in [0.29, 0.717) is 13.0 Å². The monoisotopic (exact) mass is 298 g/mol. The van der Waals surface area contributed by atoms with Crippen LogP contribution in [0.2, 0.25) is 0 Å². The normalized spacial score (nSPS) is 11.2. The van der Waals surface area contributed by atoms with Gasteiger partial charge in [0.15, 0.2) is 0 Å². The fourth-order valence-corrected chi connectivity index (χ4v) is 2.04. The highest BCUT2D eigenvalue weighted by Gasteiger charge is 2.12. The molecule has 0 radical (unpaired) electrons. The number of hydrogen-bond acceptors (Lipinski definition) is 4. The molecule has 0 spiro atoms. The van der Waals surface area contributed by atoms with Crippen LogP contribution in [0.3, 0.4) is 0 Å². The number of amides is 1. The molecule has 1 amide bonds. The molecule has 22 heavy (non-hydrogen) atoms. The Hall–Kier alpha value is -2.82. The zero-order valence-corrected chi connectivity index (χ0v) is 12.1. The van der Waals surface area contributed by atoms with E-state index in [1.165, 1.54) is 12.1 Å². The van der Waals surface area contributed by atoms with Crippen molar-refractivity contribution in [2.75, 3.05) is 6.54 Å². The van der Waals surface area contributed by atoms with Crippen LogP contribution in [0, 0.1) is 0 Å². The van der Waals surface area contributed by atoms with E-state index < -0.39 is 5.91 Å². The first-order valence-corrected chi connectivity index (χ1v) is 7.00.